The van der Waals surface area contributed by atoms with Gasteiger partial charge in [0, 0.05) is 18.3 Å². The molecule has 0 aliphatic heterocycles. The normalized spacial score (nSPS) is 12.4. The van der Waals surface area contributed by atoms with Crippen LogP contribution in [0.3, 0.4) is 0 Å². The van der Waals surface area contributed by atoms with Gasteiger partial charge in [0.05, 0.1) is 6.04 Å². The monoisotopic (exact) mass is 278 g/mol. The van der Waals surface area contributed by atoms with Crippen molar-refractivity contribution in [2.45, 2.75) is 39.4 Å². The van der Waals surface area contributed by atoms with E-state index in [1.807, 2.05) is 43.0 Å². The molecule has 0 aromatic heterocycles. The smallest absolute Gasteiger partial charge is 0.318 e. The van der Waals surface area contributed by atoms with Crippen LogP contribution in [0, 0.1) is 0 Å². The number of imide groups is 1. The number of carbonyl (C=O) groups is 2. The maximum atomic E-state index is 11.9. The van der Waals surface area contributed by atoms with E-state index < -0.39 is 18.0 Å². The van der Waals surface area contributed by atoms with Crippen molar-refractivity contribution in [1.82, 2.24) is 10.2 Å². The largest absolute Gasteiger partial charge is 0.399 e. The third-order valence-corrected chi connectivity index (χ3v) is 3.10. The number of rotatable bonds is 5. The molecule has 0 spiro atoms. The maximum Gasteiger partial charge on any atom is 0.318 e. The Bertz CT molecular complexity index is 488. The van der Waals surface area contributed by atoms with E-state index in [1.165, 1.54) is 0 Å². The lowest BCUT2D eigenvalue weighted by Gasteiger charge is -2.31. The zero-order valence-electron chi connectivity index (χ0n) is 12.1. The highest BCUT2D eigenvalue weighted by atomic mass is 16.2. The summed E-state index contributed by atoms with van der Waals surface area (Å²) in [6.45, 7) is 6.28. The van der Waals surface area contributed by atoms with E-state index in [-0.39, 0.29) is 6.04 Å². The topological polar surface area (TPSA) is 101 Å². The molecular weight excluding hydrogens is 256 g/mol. The van der Waals surface area contributed by atoms with Gasteiger partial charge in [0.25, 0.3) is 0 Å². The van der Waals surface area contributed by atoms with Crippen LogP contribution in [0.15, 0.2) is 24.3 Å². The second-order valence-corrected chi connectivity index (χ2v) is 5.04. The number of hydrogen-bond donors (Lipinski definition) is 3. The first-order chi connectivity index (χ1) is 9.31. The SMILES string of the molecule is CC(C)N(Cc1cccc(N)c1)C(C)C(=O)NC(N)=O. The molecule has 0 saturated carbocycles. The lowest BCUT2D eigenvalue weighted by Crippen LogP contribution is -2.50. The fourth-order valence-electron chi connectivity index (χ4n) is 2.05. The zero-order valence-corrected chi connectivity index (χ0v) is 12.1. The number of anilines is 1. The molecule has 1 atom stereocenters. The van der Waals surface area contributed by atoms with Crippen molar-refractivity contribution in [3.05, 3.63) is 29.8 Å². The quantitative estimate of drug-likeness (QED) is 0.701. The molecule has 3 amide bonds. The van der Waals surface area contributed by atoms with Crippen LogP contribution in [-0.4, -0.2) is 28.9 Å². The third kappa shape index (κ3) is 4.55. The molecule has 0 radical (unpaired) electrons. The van der Waals surface area contributed by atoms with Crippen molar-refractivity contribution in [1.29, 1.82) is 0 Å². The number of nitrogen functional groups attached to an aromatic ring is 1. The minimum atomic E-state index is -0.838. The van der Waals surface area contributed by atoms with E-state index in [2.05, 4.69) is 5.32 Å². The second-order valence-electron chi connectivity index (χ2n) is 5.04. The summed E-state index contributed by atoms with van der Waals surface area (Å²) in [4.78, 5) is 24.6. The Morgan fingerprint density at radius 1 is 1.30 bits per heavy atom. The number of benzene rings is 1. The van der Waals surface area contributed by atoms with Gasteiger partial charge in [-0.3, -0.25) is 15.0 Å². The number of nitrogens with zero attached hydrogens (tertiary/aromatic N) is 1. The zero-order chi connectivity index (χ0) is 15.3. The molecule has 1 aromatic rings. The van der Waals surface area contributed by atoms with Crippen molar-refractivity contribution in [2.24, 2.45) is 5.73 Å². The van der Waals surface area contributed by atoms with Crippen LogP contribution in [0.25, 0.3) is 0 Å². The molecular formula is C14H22N4O2. The van der Waals surface area contributed by atoms with Crippen LogP contribution >= 0.6 is 0 Å². The average Bonchev–Trinajstić information content (AvgIpc) is 2.34. The molecule has 6 heteroatoms. The van der Waals surface area contributed by atoms with Gasteiger partial charge in [-0.2, -0.15) is 0 Å². The van der Waals surface area contributed by atoms with Crippen LogP contribution in [-0.2, 0) is 11.3 Å². The number of nitrogens with one attached hydrogen (secondary N) is 1. The molecule has 1 unspecified atom stereocenters. The summed E-state index contributed by atoms with van der Waals surface area (Å²) in [5, 5.41) is 2.11. The Balaban J connectivity index is 2.83. The van der Waals surface area contributed by atoms with Crippen LogP contribution < -0.4 is 16.8 Å². The molecule has 5 N–H and O–H groups in total. The Morgan fingerprint density at radius 2 is 1.95 bits per heavy atom. The Kier molecular flexibility index (Phi) is 5.52. The molecule has 110 valence electrons. The predicted molar refractivity (Wildman–Crippen MR) is 78.7 cm³/mol. The highest BCUT2D eigenvalue weighted by Gasteiger charge is 2.24. The van der Waals surface area contributed by atoms with E-state index in [4.69, 9.17) is 11.5 Å². The molecule has 0 bridgehead atoms. The van der Waals surface area contributed by atoms with Crippen LogP contribution in [0.4, 0.5) is 10.5 Å². The molecule has 6 nitrogen and oxygen atoms in total. The van der Waals surface area contributed by atoms with Gasteiger partial charge in [0.1, 0.15) is 0 Å². The predicted octanol–water partition coefficient (Wildman–Crippen LogP) is 1.06. The molecule has 0 saturated heterocycles. The highest BCUT2D eigenvalue weighted by Crippen LogP contribution is 2.14. The number of amides is 3. The minimum Gasteiger partial charge on any atom is -0.399 e. The first-order valence-electron chi connectivity index (χ1n) is 6.51. The highest BCUT2D eigenvalue weighted by molar-refractivity contribution is 5.96. The summed E-state index contributed by atoms with van der Waals surface area (Å²) in [7, 11) is 0. The van der Waals surface area contributed by atoms with Crippen LogP contribution in [0.5, 0.6) is 0 Å². The van der Waals surface area contributed by atoms with E-state index in [0.717, 1.165) is 5.56 Å². The van der Waals surface area contributed by atoms with Gasteiger partial charge >= 0.3 is 6.03 Å². The number of primary amides is 1. The first kappa shape index (κ1) is 16.0. The van der Waals surface area contributed by atoms with Gasteiger partial charge in [0.15, 0.2) is 0 Å². The molecule has 1 rings (SSSR count). The molecule has 20 heavy (non-hydrogen) atoms. The fraction of sp³-hybridized carbons (Fsp3) is 0.429. The summed E-state index contributed by atoms with van der Waals surface area (Å²) in [5.74, 6) is -0.407. The van der Waals surface area contributed by atoms with Crippen molar-refractivity contribution < 1.29 is 9.59 Å². The summed E-state index contributed by atoms with van der Waals surface area (Å²) in [5.41, 5.74) is 12.4. The van der Waals surface area contributed by atoms with Crippen molar-refractivity contribution in [3.8, 4) is 0 Å². The molecule has 0 aliphatic rings. The van der Waals surface area contributed by atoms with E-state index in [9.17, 15) is 9.59 Å². The van der Waals surface area contributed by atoms with Gasteiger partial charge < -0.3 is 11.5 Å². The van der Waals surface area contributed by atoms with Gasteiger partial charge in [-0.1, -0.05) is 12.1 Å². The number of nitrogens with two attached hydrogens (primary N) is 2. The van der Waals surface area contributed by atoms with E-state index >= 15 is 0 Å². The lowest BCUT2D eigenvalue weighted by atomic mass is 10.1. The van der Waals surface area contributed by atoms with Crippen LogP contribution in [0.2, 0.25) is 0 Å². The molecule has 0 fully saturated rings. The number of hydrogen-bond acceptors (Lipinski definition) is 4. The first-order valence-corrected chi connectivity index (χ1v) is 6.51. The van der Waals surface area contributed by atoms with Crippen molar-refractivity contribution in [2.75, 3.05) is 5.73 Å². The molecule has 1 aromatic carbocycles. The summed E-state index contributed by atoms with van der Waals surface area (Å²) >= 11 is 0. The maximum absolute atomic E-state index is 11.9. The number of carbonyl (C=O) groups excluding carboxylic acids is 2. The fourth-order valence-corrected chi connectivity index (χ4v) is 2.05. The lowest BCUT2D eigenvalue weighted by molar-refractivity contribution is -0.125. The third-order valence-electron chi connectivity index (χ3n) is 3.10. The minimum absolute atomic E-state index is 0.130. The summed E-state index contributed by atoms with van der Waals surface area (Å²) < 4.78 is 0. The van der Waals surface area contributed by atoms with Crippen molar-refractivity contribution in [3.63, 3.8) is 0 Å². The van der Waals surface area contributed by atoms with E-state index in [0.29, 0.717) is 12.2 Å². The Morgan fingerprint density at radius 3 is 2.45 bits per heavy atom. The second kappa shape index (κ2) is 6.91. The number of urea groups is 1. The molecule has 0 heterocycles. The van der Waals surface area contributed by atoms with Gasteiger partial charge in [-0.15, -0.1) is 0 Å². The van der Waals surface area contributed by atoms with Gasteiger partial charge in [0.2, 0.25) is 5.91 Å². The standard InChI is InChI=1S/C14H22N4O2/c1-9(2)18(10(3)13(19)17-14(16)20)8-11-5-4-6-12(15)7-11/h4-7,9-10H,8,15H2,1-3H3,(H3,16,17,19,20). The van der Waals surface area contributed by atoms with Gasteiger partial charge in [-0.25, -0.2) is 4.79 Å². The van der Waals surface area contributed by atoms with Crippen molar-refractivity contribution >= 4 is 17.6 Å². The summed E-state index contributed by atoms with van der Waals surface area (Å²) in [6.07, 6.45) is 0. The Labute approximate surface area is 119 Å². The molecule has 0 aliphatic carbocycles. The summed E-state index contributed by atoms with van der Waals surface area (Å²) in [6, 6.07) is 6.32. The van der Waals surface area contributed by atoms with E-state index in [1.54, 1.807) is 6.92 Å². The average molecular weight is 278 g/mol. The Hall–Kier alpha value is -2.08. The van der Waals surface area contributed by atoms with Gasteiger partial charge in [-0.05, 0) is 38.5 Å². The van der Waals surface area contributed by atoms with Crippen LogP contribution in [0.1, 0.15) is 26.3 Å².